The van der Waals surface area contributed by atoms with E-state index in [1.54, 1.807) is 12.1 Å². The van der Waals surface area contributed by atoms with Crippen LogP contribution in [0.4, 0.5) is 5.69 Å². The Morgan fingerprint density at radius 3 is 2.53 bits per heavy atom. The average molecular weight is 269 g/mol. The largest absolute Gasteiger partial charge is 0.478 e. The van der Waals surface area contributed by atoms with Crippen molar-refractivity contribution in [3.8, 4) is 0 Å². The van der Waals surface area contributed by atoms with Crippen LogP contribution >= 0.6 is 0 Å². The smallest absolute Gasteiger partial charge is 0.337 e. The van der Waals surface area contributed by atoms with Crippen molar-refractivity contribution in [2.45, 2.75) is 24.5 Å². The minimum Gasteiger partial charge on any atom is -0.478 e. The SMILES string of the molecule is O=C(O)c1ccccc1N[C@@H]1O[C@H](CO)[C@@H](O)[C@H]1O. The first-order valence-electron chi connectivity index (χ1n) is 5.76. The zero-order chi connectivity index (χ0) is 14.0. The number of carbonyl (C=O) groups is 1. The van der Waals surface area contributed by atoms with Gasteiger partial charge >= 0.3 is 5.97 Å². The summed E-state index contributed by atoms with van der Waals surface area (Å²) in [6.45, 7) is -0.434. The molecule has 5 N–H and O–H groups in total. The van der Waals surface area contributed by atoms with Crippen LogP contribution in [0.3, 0.4) is 0 Å². The van der Waals surface area contributed by atoms with Crippen molar-refractivity contribution in [2.24, 2.45) is 0 Å². The van der Waals surface area contributed by atoms with Crippen LogP contribution in [0.2, 0.25) is 0 Å². The highest BCUT2D eigenvalue weighted by Crippen LogP contribution is 2.24. The Morgan fingerprint density at radius 1 is 1.26 bits per heavy atom. The van der Waals surface area contributed by atoms with Gasteiger partial charge in [0.1, 0.15) is 18.3 Å². The molecule has 2 rings (SSSR count). The molecule has 0 spiro atoms. The van der Waals surface area contributed by atoms with Crippen molar-refractivity contribution < 1.29 is 30.0 Å². The van der Waals surface area contributed by atoms with Gasteiger partial charge in [0.25, 0.3) is 0 Å². The Bertz CT molecular complexity index is 465. The molecule has 0 radical (unpaired) electrons. The summed E-state index contributed by atoms with van der Waals surface area (Å²) in [5.41, 5.74) is 0.296. The molecule has 0 unspecified atom stereocenters. The summed E-state index contributed by atoms with van der Waals surface area (Å²) in [5.74, 6) is -1.12. The third-order valence-corrected chi connectivity index (χ3v) is 3.00. The zero-order valence-corrected chi connectivity index (χ0v) is 9.93. The predicted molar refractivity (Wildman–Crippen MR) is 64.8 cm³/mol. The maximum absolute atomic E-state index is 11.0. The fourth-order valence-electron chi connectivity index (χ4n) is 1.97. The number of hydrogen-bond donors (Lipinski definition) is 5. The highest BCUT2D eigenvalue weighted by atomic mass is 16.6. The summed E-state index contributed by atoms with van der Waals surface area (Å²) in [5, 5.41) is 40.0. The Hall–Kier alpha value is -1.67. The summed E-state index contributed by atoms with van der Waals surface area (Å²) in [6.07, 6.45) is -4.35. The first-order chi connectivity index (χ1) is 9.04. The Balaban J connectivity index is 2.16. The Kier molecular flexibility index (Phi) is 4.01. The lowest BCUT2D eigenvalue weighted by molar-refractivity contribution is -0.0153. The molecule has 0 bridgehead atoms. The molecule has 7 nitrogen and oxygen atoms in total. The van der Waals surface area contributed by atoms with Crippen molar-refractivity contribution in [3.05, 3.63) is 29.8 Å². The molecule has 1 aliphatic heterocycles. The standard InChI is InChI=1S/C12H15NO6/c14-5-8-9(15)10(16)11(19-8)13-7-4-2-1-3-6(7)12(17)18/h1-4,8-11,13-16H,5H2,(H,17,18)/t8-,9-,10-,11-/m1/s1. The van der Waals surface area contributed by atoms with Gasteiger partial charge in [-0.2, -0.15) is 0 Å². The van der Waals surface area contributed by atoms with Crippen LogP contribution in [0.5, 0.6) is 0 Å². The maximum Gasteiger partial charge on any atom is 0.337 e. The number of aliphatic hydroxyl groups excluding tert-OH is 3. The van der Waals surface area contributed by atoms with Crippen LogP contribution in [0.15, 0.2) is 24.3 Å². The van der Waals surface area contributed by atoms with E-state index in [2.05, 4.69) is 5.32 Å². The number of carboxylic acids is 1. The van der Waals surface area contributed by atoms with Crippen LogP contribution in [0.1, 0.15) is 10.4 Å². The van der Waals surface area contributed by atoms with Gasteiger partial charge in [0.2, 0.25) is 0 Å². The lowest BCUT2D eigenvalue weighted by Crippen LogP contribution is -2.36. The molecule has 7 heteroatoms. The first kappa shape index (κ1) is 13.8. The fourth-order valence-corrected chi connectivity index (χ4v) is 1.97. The minimum absolute atomic E-state index is 0.0280. The van der Waals surface area contributed by atoms with Gasteiger partial charge in [-0.3, -0.25) is 0 Å². The highest BCUT2D eigenvalue weighted by molar-refractivity contribution is 5.94. The summed E-state index contributed by atoms with van der Waals surface area (Å²) in [7, 11) is 0. The van der Waals surface area contributed by atoms with E-state index in [4.69, 9.17) is 14.9 Å². The van der Waals surface area contributed by atoms with Gasteiger partial charge in [-0.25, -0.2) is 4.79 Å². The van der Waals surface area contributed by atoms with Crippen LogP contribution in [0, 0.1) is 0 Å². The number of nitrogens with one attached hydrogen (secondary N) is 1. The summed E-state index contributed by atoms with van der Waals surface area (Å²) in [4.78, 5) is 11.0. The number of ether oxygens (including phenoxy) is 1. The van der Waals surface area contributed by atoms with Crippen molar-refractivity contribution in [3.63, 3.8) is 0 Å². The Morgan fingerprint density at radius 2 is 1.95 bits per heavy atom. The average Bonchev–Trinajstić information content (AvgIpc) is 2.67. The highest BCUT2D eigenvalue weighted by Gasteiger charge is 2.42. The zero-order valence-electron chi connectivity index (χ0n) is 9.93. The molecule has 104 valence electrons. The molecule has 0 aliphatic carbocycles. The topological polar surface area (TPSA) is 119 Å². The lowest BCUT2D eigenvalue weighted by atomic mass is 10.1. The molecule has 0 saturated carbocycles. The van der Waals surface area contributed by atoms with Gasteiger partial charge in [-0.05, 0) is 12.1 Å². The fraction of sp³-hybridized carbons (Fsp3) is 0.417. The molecule has 19 heavy (non-hydrogen) atoms. The van der Waals surface area contributed by atoms with E-state index in [1.165, 1.54) is 12.1 Å². The third-order valence-electron chi connectivity index (χ3n) is 3.00. The molecule has 0 aromatic heterocycles. The maximum atomic E-state index is 11.0. The van der Waals surface area contributed by atoms with E-state index in [1.807, 2.05) is 0 Å². The number of carboxylic acid groups (broad SMARTS) is 1. The van der Waals surface area contributed by atoms with Crippen molar-refractivity contribution in [1.82, 2.24) is 0 Å². The van der Waals surface area contributed by atoms with Crippen LogP contribution < -0.4 is 5.32 Å². The number of hydrogen-bond acceptors (Lipinski definition) is 6. The van der Waals surface area contributed by atoms with Crippen molar-refractivity contribution in [1.29, 1.82) is 0 Å². The van der Waals surface area contributed by atoms with E-state index >= 15 is 0 Å². The molecule has 1 saturated heterocycles. The lowest BCUT2D eigenvalue weighted by Gasteiger charge is -2.18. The van der Waals surface area contributed by atoms with Gasteiger partial charge in [-0.15, -0.1) is 0 Å². The monoisotopic (exact) mass is 269 g/mol. The van der Waals surface area contributed by atoms with Gasteiger partial charge in [0.15, 0.2) is 6.23 Å². The normalized spacial score (nSPS) is 30.3. The molecule has 0 amide bonds. The van der Waals surface area contributed by atoms with E-state index in [0.29, 0.717) is 0 Å². The van der Waals surface area contributed by atoms with Gasteiger partial charge < -0.3 is 30.5 Å². The molecule has 1 aromatic carbocycles. The van der Waals surface area contributed by atoms with E-state index in [0.717, 1.165) is 0 Å². The van der Waals surface area contributed by atoms with E-state index in [9.17, 15) is 15.0 Å². The molecule has 4 atom stereocenters. The number of benzene rings is 1. The minimum atomic E-state index is -1.25. The second kappa shape index (κ2) is 5.54. The molecular formula is C12H15NO6. The molecular weight excluding hydrogens is 254 g/mol. The summed E-state index contributed by atoms with van der Waals surface area (Å²) < 4.78 is 5.22. The second-order valence-electron chi connectivity index (χ2n) is 4.25. The second-order valence-corrected chi connectivity index (χ2v) is 4.25. The number of aromatic carboxylic acids is 1. The van der Waals surface area contributed by atoms with E-state index in [-0.39, 0.29) is 11.3 Å². The van der Waals surface area contributed by atoms with Crippen LogP contribution in [-0.2, 0) is 4.74 Å². The quantitative estimate of drug-likeness (QED) is 0.487. The van der Waals surface area contributed by atoms with Crippen molar-refractivity contribution in [2.75, 3.05) is 11.9 Å². The summed E-state index contributed by atoms with van der Waals surface area (Å²) in [6, 6.07) is 6.14. The number of anilines is 1. The predicted octanol–water partition coefficient (Wildman–Crippen LogP) is -0.764. The number of aliphatic hydroxyl groups is 3. The number of rotatable bonds is 4. The summed E-state index contributed by atoms with van der Waals surface area (Å²) >= 11 is 0. The third kappa shape index (κ3) is 2.69. The molecule has 1 heterocycles. The van der Waals surface area contributed by atoms with Gasteiger partial charge in [-0.1, -0.05) is 12.1 Å². The van der Waals surface area contributed by atoms with Crippen LogP contribution in [0.25, 0.3) is 0 Å². The number of para-hydroxylation sites is 1. The molecule has 1 aliphatic rings. The molecule has 1 aromatic rings. The van der Waals surface area contributed by atoms with E-state index < -0.39 is 37.1 Å². The Labute approximate surface area is 109 Å². The van der Waals surface area contributed by atoms with Crippen molar-refractivity contribution >= 4 is 11.7 Å². The van der Waals surface area contributed by atoms with Gasteiger partial charge in [0.05, 0.1) is 17.9 Å². The molecule has 1 fully saturated rings. The first-order valence-corrected chi connectivity index (χ1v) is 5.76. The van der Waals surface area contributed by atoms with Crippen LogP contribution in [-0.4, -0.2) is 57.5 Å². The van der Waals surface area contributed by atoms with Gasteiger partial charge in [0, 0.05) is 0 Å².